The van der Waals surface area contributed by atoms with Gasteiger partial charge < -0.3 is 63.8 Å². The normalized spacial score (nSPS) is 37.2. The molecule has 0 aromatic carbocycles. The topological polar surface area (TPSA) is 220 Å². The first-order valence-electron chi connectivity index (χ1n) is 16.7. The van der Waals surface area contributed by atoms with Gasteiger partial charge in [-0.1, -0.05) is 47.8 Å². The van der Waals surface area contributed by atoms with Crippen molar-refractivity contribution in [2.24, 2.45) is 16.7 Å². The minimum absolute atomic E-state index is 0.0293. The maximum Gasteiger partial charge on any atom is 0.330 e. The van der Waals surface area contributed by atoms with Crippen LogP contribution in [0.5, 0.6) is 0 Å². The number of esters is 2. The van der Waals surface area contributed by atoms with Gasteiger partial charge in [0.05, 0.1) is 30.8 Å². The molecule has 0 radical (unpaired) electrons. The quantitative estimate of drug-likeness (QED) is 0.0775. The Balaban J connectivity index is 1.76. The fourth-order valence-corrected chi connectivity index (χ4v) is 7.07. The lowest BCUT2D eigenvalue weighted by Gasteiger charge is -2.51. The Morgan fingerprint density at radius 3 is 2.04 bits per heavy atom. The van der Waals surface area contributed by atoms with Gasteiger partial charge in [0.1, 0.15) is 43.7 Å². The number of aliphatic hydroxyl groups excluding tert-OH is 5. The Morgan fingerprint density at radius 1 is 0.837 bits per heavy atom. The van der Waals surface area contributed by atoms with Crippen LogP contribution in [0.1, 0.15) is 66.7 Å². The fourth-order valence-electron chi connectivity index (χ4n) is 7.07. The molecule has 0 saturated carbocycles. The Labute approximate surface area is 287 Å². The average molecular weight is 705 g/mol. The molecule has 1 unspecified atom stereocenters. The maximum absolute atomic E-state index is 12.0. The molecule has 3 rings (SSSR count). The van der Waals surface area contributed by atoms with Crippen LogP contribution in [0, 0.1) is 16.7 Å². The van der Waals surface area contributed by atoms with E-state index in [2.05, 4.69) is 47.8 Å². The third-order valence-electron chi connectivity index (χ3n) is 8.89. The first-order valence-corrected chi connectivity index (χ1v) is 16.7. The van der Waals surface area contributed by atoms with Gasteiger partial charge in [-0.25, -0.2) is 9.59 Å². The van der Waals surface area contributed by atoms with Crippen molar-refractivity contribution in [2.75, 3.05) is 26.4 Å². The first-order chi connectivity index (χ1) is 22.8. The van der Waals surface area contributed by atoms with E-state index >= 15 is 0 Å². The number of carbonyl (C=O) groups is 2. The molecular weight excluding hydrogens is 648 g/mol. The molecule has 0 amide bonds. The Kier molecular flexibility index (Phi) is 14.8. The van der Waals surface area contributed by atoms with E-state index in [0.717, 1.165) is 18.6 Å². The predicted octanol–water partition coefficient (Wildman–Crippen LogP) is 0.459. The van der Waals surface area contributed by atoms with Crippen molar-refractivity contribution >= 4 is 11.9 Å². The lowest BCUT2D eigenvalue weighted by atomic mass is 9.74. The zero-order valence-corrected chi connectivity index (χ0v) is 29.1. The zero-order chi connectivity index (χ0) is 36.7. The Hall–Kier alpha value is -2.02. The predicted molar refractivity (Wildman–Crippen MR) is 171 cm³/mol. The van der Waals surface area contributed by atoms with Crippen molar-refractivity contribution in [1.29, 1.82) is 0 Å². The van der Waals surface area contributed by atoms with Crippen LogP contribution in [0.3, 0.4) is 0 Å². The number of ether oxygens (including phenoxy) is 7. The molecule has 3 fully saturated rings. The van der Waals surface area contributed by atoms with Crippen molar-refractivity contribution < 1.29 is 73.4 Å². The summed E-state index contributed by atoms with van der Waals surface area (Å²) in [5.74, 6) is -5.21. The largest absolute Gasteiger partial charge is 0.460 e. The van der Waals surface area contributed by atoms with Gasteiger partial charge in [0, 0.05) is 38.0 Å². The highest BCUT2D eigenvalue weighted by Gasteiger charge is 2.57. The monoisotopic (exact) mass is 704 g/mol. The average Bonchev–Trinajstić information content (AvgIpc) is 2.99. The van der Waals surface area contributed by atoms with Gasteiger partial charge in [-0.2, -0.15) is 0 Å². The van der Waals surface area contributed by atoms with E-state index in [-0.39, 0.29) is 30.3 Å². The summed E-state index contributed by atoms with van der Waals surface area (Å²) in [5.41, 5.74) is 0.0865. The van der Waals surface area contributed by atoms with Crippen LogP contribution in [0.25, 0.3) is 0 Å². The highest BCUT2D eigenvalue weighted by atomic mass is 16.7. The second-order valence-corrected chi connectivity index (χ2v) is 15.1. The molecule has 0 aliphatic carbocycles. The number of aliphatic hydroxyl groups is 6. The van der Waals surface area contributed by atoms with Gasteiger partial charge >= 0.3 is 11.9 Å². The van der Waals surface area contributed by atoms with Crippen LogP contribution in [-0.4, -0.2) is 136 Å². The van der Waals surface area contributed by atoms with E-state index in [1.165, 1.54) is 0 Å². The van der Waals surface area contributed by atoms with Crippen molar-refractivity contribution in [3.05, 3.63) is 25.3 Å². The molecule has 3 saturated heterocycles. The fraction of sp³-hybridized carbons (Fsp3) is 0.824. The molecule has 15 heteroatoms. The van der Waals surface area contributed by atoms with Gasteiger partial charge in [-0.15, -0.1) is 0 Å². The van der Waals surface area contributed by atoms with Crippen molar-refractivity contribution in [3.63, 3.8) is 0 Å². The lowest BCUT2D eigenvalue weighted by Crippen LogP contribution is -2.66. The Bertz CT molecular complexity index is 1110. The molecule has 0 aromatic rings. The van der Waals surface area contributed by atoms with E-state index < -0.39 is 105 Å². The third kappa shape index (κ3) is 12.0. The molecule has 282 valence electrons. The molecule has 0 aromatic heterocycles. The molecular formula is C34H56O15. The van der Waals surface area contributed by atoms with Gasteiger partial charge in [0.2, 0.25) is 0 Å². The van der Waals surface area contributed by atoms with Crippen molar-refractivity contribution in [2.45, 2.75) is 134 Å². The van der Waals surface area contributed by atoms with Crippen LogP contribution in [-0.2, 0) is 42.7 Å². The van der Waals surface area contributed by atoms with Gasteiger partial charge in [0.15, 0.2) is 18.4 Å². The minimum Gasteiger partial charge on any atom is -0.460 e. The maximum atomic E-state index is 12.0. The van der Waals surface area contributed by atoms with Crippen LogP contribution in [0.2, 0.25) is 0 Å². The van der Waals surface area contributed by atoms with Crippen LogP contribution in [0.4, 0.5) is 0 Å². The lowest BCUT2D eigenvalue weighted by molar-refractivity contribution is -0.376. The second-order valence-electron chi connectivity index (χ2n) is 15.1. The molecule has 3 heterocycles. The first kappa shape index (κ1) is 41.4. The molecule has 49 heavy (non-hydrogen) atoms. The van der Waals surface area contributed by atoms with Gasteiger partial charge in [-0.05, 0) is 23.7 Å². The summed E-state index contributed by atoms with van der Waals surface area (Å²) >= 11 is 0. The SMILES string of the molecule is C=CC(=O)OC[C@H]1O[C@H](O[C@H]2[C@H](O)C[C@@H](O)O[C@@H]2COC(=O)C=C)C[C@@H](O)C1[C@@]1(O)C[C@@H](O)[C@H](O)[C@@H](COCCC(C)(C)CC(C)(C)C)O1. The third-order valence-corrected chi connectivity index (χ3v) is 8.89. The molecule has 15 nitrogen and oxygen atoms in total. The van der Waals surface area contributed by atoms with E-state index in [4.69, 9.17) is 33.2 Å². The van der Waals surface area contributed by atoms with Gasteiger partial charge in [-0.3, -0.25) is 0 Å². The minimum atomic E-state index is -2.28. The highest BCUT2D eigenvalue weighted by molar-refractivity contribution is 5.81. The summed E-state index contributed by atoms with van der Waals surface area (Å²) in [4.78, 5) is 23.7. The van der Waals surface area contributed by atoms with E-state index in [0.29, 0.717) is 13.0 Å². The number of hydrogen-bond donors (Lipinski definition) is 6. The molecule has 0 bridgehead atoms. The smallest absolute Gasteiger partial charge is 0.330 e. The van der Waals surface area contributed by atoms with E-state index in [1.54, 1.807) is 0 Å². The summed E-state index contributed by atoms with van der Waals surface area (Å²) < 4.78 is 39.5. The molecule has 0 spiro atoms. The molecule has 3 aliphatic rings. The van der Waals surface area contributed by atoms with Gasteiger partial charge in [0.25, 0.3) is 0 Å². The van der Waals surface area contributed by atoms with Crippen LogP contribution >= 0.6 is 0 Å². The summed E-state index contributed by atoms with van der Waals surface area (Å²) in [6.45, 7) is 16.7. The summed E-state index contributed by atoms with van der Waals surface area (Å²) in [7, 11) is 0. The molecule has 6 N–H and O–H groups in total. The molecule has 12 atom stereocenters. The van der Waals surface area contributed by atoms with E-state index in [1.807, 2.05) is 0 Å². The highest BCUT2D eigenvalue weighted by Crippen LogP contribution is 2.43. The summed E-state index contributed by atoms with van der Waals surface area (Å²) in [6, 6.07) is 0. The second kappa shape index (κ2) is 17.5. The standard InChI is InChI=1S/C34H56O15/c1-8-25(38)44-16-22-29(19(35)13-28(47-22)48-31-20(36)12-27(40)46-24(31)17-45-26(39)9-2)34(42)14-21(37)30(41)23(49-34)15-43-11-10-33(6,7)18-32(3,4)5/h8-9,19-24,27-31,35-37,40-42H,1-2,10-18H2,3-7H3/t19-,20-,21-,22-,23-,24-,27+,28-,29?,30+,31+,34-/m1/s1. The number of hydrogen-bond acceptors (Lipinski definition) is 15. The Morgan fingerprint density at radius 2 is 1.45 bits per heavy atom. The van der Waals surface area contributed by atoms with E-state index in [9.17, 15) is 40.2 Å². The molecule has 3 aliphatic heterocycles. The summed E-state index contributed by atoms with van der Waals surface area (Å²) in [5, 5.41) is 65.6. The zero-order valence-electron chi connectivity index (χ0n) is 29.1. The van der Waals surface area contributed by atoms with Crippen LogP contribution in [0.15, 0.2) is 25.3 Å². The van der Waals surface area contributed by atoms with Crippen molar-refractivity contribution in [3.8, 4) is 0 Å². The summed E-state index contributed by atoms with van der Waals surface area (Å²) in [6.07, 6.45) is -10.7. The van der Waals surface area contributed by atoms with Crippen LogP contribution < -0.4 is 0 Å². The number of rotatable bonds is 15. The number of carbonyl (C=O) groups excluding carboxylic acids is 2. The van der Waals surface area contributed by atoms with Crippen molar-refractivity contribution in [1.82, 2.24) is 0 Å².